The van der Waals surface area contributed by atoms with Crippen LogP contribution in [0.15, 0.2) is 47.2 Å². The maximum absolute atomic E-state index is 12.8. The summed E-state index contributed by atoms with van der Waals surface area (Å²) >= 11 is 3.15. The Morgan fingerprint density at radius 2 is 1.97 bits per heavy atom. The van der Waals surface area contributed by atoms with Gasteiger partial charge in [-0.1, -0.05) is 18.2 Å². The number of carbonyl (C=O) groups excluding carboxylic acids is 1. The van der Waals surface area contributed by atoms with E-state index in [1.165, 1.54) is 30.6 Å². The number of rotatable bonds is 4. The fraction of sp³-hybridized carbons (Fsp3) is 0.364. The van der Waals surface area contributed by atoms with Gasteiger partial charge in [-0.05, 0) is 54.8 Å². The van der Waals surface area contributed by atoms with Crippen molar-refractivity contribution >= 4 is 40.0 Å². The van der Waals surface area contributed by atoms with Crippen LogP contribution in [0.3, 0.4) is 0 Å². The molecule has 0 radical (unpaired) electrons. The van der Waals surface area contributed by atoms with Crippen LogP contribution < -0.4 is 15.5 Å². The minimum atomic E-state index is -0.148. The van der Waals surface area contributed by atoms with Crippen molar-refractivity contribution in [1.29, 1.82) is 0 Å². The molecule has 0 aliphatic carbocycles. The molecule has 0 saturated carbocycles. The third kappa shape index (κ3) is 3.82. The van der Waals surface area contributed by atoms with Crippen molar-refractivity contribution in [3.8, 4) is 9.88 Å². The average molecular weight is 425 g/mol. The number of hydrogen-bond acceptors (Lipinski definition) is 6. The summed E-state index contributed by atoms with van der Waals surface area (Å²) in [4.78, 5) is 20.9. The molecule has 3 aromatic rings. The van der Waals surface area contributed by atoms with Gasteiger partial charge in [0.15, 0.2) is 0 Å². The molecule has 2 fully saturated rings. The molecule has 0 bridgehead atoms. The third-order valence-electron chi connectivity index (χ3n) is 6.12. The molecule has 5 nitrogen and oxygen atoms in total. The van der Waals surface area contributed by atoms with Gasteiger partial charge in [0.1, 0.15) is 10.7 Å². The summed E-state index contributed by atoms with van der Waals surface area (Å²) in [6.45, 7) is 4.37. The van der Waals surface area contributed by atoms with Crippen LogP contribution in [0.2, 0.25) is 0 Å². The number of thiazole rings is 1. The standard InChI is InChI=1S/C22H24N4OS2/c27-20(17-14-29-21(25-17)19-6-3-13-28-19)24-16-4-1-2-5-18(16)26-11-8-22(9-12-26)7-10-23-15-22/h1-6,13-14,23H,7-12,15H2,(H,24,27). The Morgan fingerprint density at radius 3 is 2.72 bits per heavy atom. The highest BCUT2D eigenvalue weighted by molar-refractivity contribution is 7.20. The molecule has 1 aromatic carbocycles. The maximum atomic E-state index is 12.8. The van der Waals surface area contributed by atoms with Gasteiger partial charge in [-0.15, -0.1) is 22.7 Å². The Hall–Kier alpha value is -2.22. The van der Waals surface area contributed by atoms with Crippen LogP contribution in [0.25, 0.3) is 9.88 Å². The third-order valence-corrected chi connectivity index (χ3v) is 8.00. The quantitative estimate of drug-likeness (QED) is 0.637. The van der Waals surface area contributed by atoms with Gasteiger partial charge in [-0.25, -0.2) is 4.98 Å². The number of anilines is 2. The normalized spacial score (nSPS) is 18.3. The largest absolute Gasteiger partial charge is 0.370 e. The van der Waals surface area contributed by atoms with Crippen LogP contribution in [0.5, 0.6) is 0 Å². The number of thiophene rings is 1. The Kier molecular flexibility index (Phi) is 5.11. The molecule has 2 aromatic heterocycles. The van der Waals surface area contributed by atoms with Crippen LogP contribution in [0.4, 0.5) is 11.4 Å². The van der Waals surface area contributed by atoms with Crippen LogP contribution in [-0.2, 0) is 0 Å². The molecule has 0 unspecified atom stereocenters. The Labute approximate surface area is 178 Å². The molecule has 2 N–H and O–H groups in total. The lowest BCUT2D eigenvalue weighted by Crippen LogP contribution is -2.41. The molecule has 5 rings (SSSR count). The number of carbonyl (C=O) groups is 1. The van der Waals surface area contributed by atoms with E-state index in [0.717, 1.165) is 47.4 Å². The first kappa shape index (κ1) is 18.8. The number of aromatic nitrogens is 1. The lowest BCUT2D eigenvalue weighted by molar-refractivity contribution is 0.102. The molecule has 2 aliphatic rings. The second-order valence-electron chi connectivity index (χ2n) is 7.90. The number of benzene rings is 1. The van der Waals surface area contributed by atoms with Gasteiger partial charge < -0.3 is 15.5 Å². The highest BCUT2D eigenvalue weighted by atomic mass is 32.1. The SMILES string of the molecule is O=C(Nc1ccccc1N1CCC2(CCNC2)CC1)c1csc(-c2cccs2)n1. The van der Waals surface area contributed by atoms with Gasteiger partial charge in [0.25, 0.3) is 5.91 Å². The van der Waals surface area contributed by atoms with Gasteiger partial charge in [-0.2, -0.15) is 0 Å². The molecule has 1 spiro atoms. The maximum Gasteiger partial charge on any atom is 0.275 e. The number of nitrogens with zero attached hydrogens (tertiary/aromatic N) is 2. The lowest BCUT2D eigenvalue weighted by Gasteiger charge is -2.40. The van der Waals surface area contributed by atoms with Crippen LogP contribution in [0.1, 0.15) is 29.8 Å². The van der Waals surface area contributed by atoms with E-state index in [4.69, 9.17) is 0 Å². The predicted octanol–water partition coefficient (Wildman–Crippen LogP) is 4.70. The molecular weight excluding hydrogens is 400 g/mol. The minimum absolute atomic E-state index is 0.148. The van der Waals surface area contributed by atoms with Crippen molar-refractivity contribution < 1.29 is 4.79 Å². The van der Waals surface area contributed by atoms with E-state index < -0.39 is 0 Å². The first-order chi connectivity index (χ1) is 14.2. The highest BCUT2D eigenvalue weighted by Gasteiger charge is 2.37. The van der Waals surface area contributed by atoms with E-state index in [1.54, 1.807) is 11.3 Å². The van der Waals surface area contributed by atoms with Crippen LogP contribution in [-0.4, -0.2) is 37.1 Å². The van der Waals surface area contributed by atoms with Gasteiger partial charge in [0, 0.05) is 25.0 Å². The van der Waals surface area contributed by atoms with E-state index in [-0.39, 0.29) is 5.91 Å². The molecular formula is C22H24N4OS2. The molecule has 7 heteroatoms. The van der Waals surface area contributed by atoms with Crippen molar-refractivity contribution in [1.82, 2.24) is 10.3 Å². The van der Waals surface area contributed by atoms with Crippen molar-refractivity contribution in [3.63, 3.8) is 0 Å². The van der Waals surface area contributed by atoms with Gasteiger partial charge in [0.2, 0.25) is 0 Å². The lowest BCUT2D eigenvalue weighted by atomic mass is 9.77. The Bertz CT molecular complexity index is 982. The first-order valence-electron chi connectivity index (χ1n) is 10.1. The Morgan fingerprint density at radius 1 is 1.10 bits per heavy atom. The van der Waals surface area contributed by atoms with Crippen molar-refractivity contribution in [3.05, 3.63) is 52.9 Å². The van der Waals surface area contributed by atoms with E-state index in [9.17, 15) is 4.79 Å². The molecule has 150 valence electrons. The minimum Gasteiger partial charge on any atom is -0.370 e. The summed E-state index contributed by atoms with van der Waals surface area (Å²) in [6.07, 6.45) is 3.70. The highest BCUT2D eigenvalue weighted by Crippen LogP contribution is 2.39. The van der Waals surface area contributed by atoms with Crippen molar-refractivity contribution in [2.75, 3.05) is 36.4 Å². The molecule has 1 amide bonds. The number of piperidine rings is 1. The van der Waals surface area contributed by atoms with Gasteiger partial charge >= 0.3 is 0 Å². The van der Waals surface area contributed by atoms with E-state index in [0.29, 0.717) is 11.1 Å². The monoisotopic (exact) mass is 424 g/mol. The number of para-hydroxylation sites is 2. The summed E-state index contributed by atoms with van der Waals surface area (Å²) in [6, 6.07) is 12.2. The van der Waals surface area contributed by atoms with Crippen LogP contribution in [0, 0.1) is 5.41 Å². The summed E-state index contributed by atoms with van der Waals surface area (Å²) in [5, 5.41) is 11.4. The molecule has 0 atom stereocenters. The molecule has 2 aliphatic heterocycles. The molecule has 2 saturated heterocycles. The zero-order valence-electron chi connectivity index (χ0n) is 16.2. The van der Waals surface area contributed by atoms with Crippen molar-refractivity contribution in [2.24, 2.45) is 5.41 Å². The van der Waals surface area contributed by atoms with E-state index in [1.807, 2.05) is 41.1 Å². The van der Waals surface area contributed by atoms with Crippen LogP contribution >= 0.6 is 22.7 Å². The van der Waals surface area contributed by atoms with Gasteiger partial charge in [-0.3, -0.25) is 4.79 Å². The second kappa shape index (κ2) is 7.89. The fourth-order valence-corrected chi connectivity index (χ4v) is 5.99. The zero-order chi connectivity index (χ0) is 19.7. The number of nitrogens with one attached hydrogen (secondary N) is 2. The van der Waals surface area contributed by atoms with Gasteiger partial charge in [0.05, 0.1) is 16.3 Å². The number of amides is 1. The predicted molar refractivity (Wildman–Crippen MR) is 121 cm³/mol. The molecule has 29 heavy (non-hydrogen) atoms. The zero-order valence-corrected chi connectivity index (χ0v) is 17.8. The Balaban J connectivity index is 1.30. The molecule has 4 heterocycles. The smallest absolute Gasteiger partial charge is 0.275 e. The average Bonchev–Trinajstić information content (AvgIpc) is 3.51. The van der Waals surface area contributed by atoms with E-state index in [2.05, 4.69) is 26.6 Å². The summed E-state index contributed by atoms with van der Waals surface area (Å²) in [7, 11) is 0. The summed E-state index contributed by atoms with van der Waals surface area (Å²) in [5.41, 5.74) is 2.93. The first-order valence-corrected chi connectivity index (χ1v) is 11.8. The topological polar surface area (TPSA) is 57.3 Å². The van der Waals surface area contributed by atoms with E-state index >= 15 is 0 Å². The second-order valence-corrected chi connectivity index (χ2v) is 9.71. The number of hydrogen-bond donors (Lipinski definition) is 2. The fourth-order valence-electron chi connectivity index (χ4n) is 4.38. The van der Waals surface area contributed by atoms with Crippen molar-refractivity contribution in [2.45, 2.75) is 19.3 Å². The summed E-state index contributed by atoms with van der Waals surface area (Å²) in [5.74, 6) is -0.148. The summed E-state index contributed by atoms with van der Waals surface area (Å²) < 4.78 is 0.